The van der Waals surface area contributed by atoms with E-state index in [2.05, 4.69) is 39.0 Å². The lowest BCUT2D eigenvalue weighted by Gasteiger charge is -2.03. The Morgan fingerprint density at radius 1 is 1.24 bits per heavy atom. The van der Waals surface area contributed by atoms with Crippen molar-refractivity contribution < 1.29 is 5.11 Å². The van der Waals surface area contributed by atoms with Gasteiger partial charge in [-0.2, -0.15) is 0 Å². The summed E-state index contributed by atoms with van der Waals surface area (Å²) >= 11 is 0. The van der Waals surface area contributed by atoms with Gasteiger partial charge in [0.2, 0.25) is 0 Å². The Morgan fingerprint density at radius 2 is 1.88 bits per heavy atom. The second-order valence-electron chi connectivity index (χ2n) is 4.79. The van der Waals surface area contributed by atoms with Gasteiger partial charge in [-0.05, 0) is 50.3 Å². The van der Waals surface area contributed by atoms with Gasteiger partial charge in [-0.3, -0.25) is 0 Å². The monoisotopic (exact) mass is 230 g/mol. The molecule has 0 amide bonds. The van der Waals surface area contributed by atoms with Crippen LogP contribution in [0.1, 0.15) is 39.2 Å². The van der Waals surface area contributed by atoms with Crippen LogP contribution in [0.4, 0.5) is 0 Å². The molecule has 0 saturated carbocycles. The Labute approximate surface area is 104 Å². The maximum absolute atomic E-state index is 9.17. The highest BCUT2D eigenvalue weighted by atomic mass is 16.3. The molecule has 0 aliphatic rings. The molecule has 1 unspecified atom stereocenters. The molecular formula is C16H22O. The van der Waals surface area contributed by atoms with Gasteiger partial charge in [0.05, 0.1) is 0 Å². The molecule has 1 nitrogen and oxygen atoms in total. The van der Waals surface area contributed by atoms with Gasteiger partial charge in [0.25, 0.3) is 0 Å². The molecule has 0 aliphatic heterocycles. The average molecular weight is 230 g/mol. The number of hydrogen-bond acceptors (Lipinski definition) is 1. The first-order valence-electron chi connectivity index (χ1n) is 6.18. The van der Waals surface area contributed by atoms with Crippen molar-refractivity contribution in [1.82, 2.24) is 0 Å². The quantitative estimate of drug-likeness (QED) is 0.721. The van der Waals surface area contributed by atoms with Crippen LogP contribution in [-0.4, -0.2) is 5.11 Å². The molecule has 17 heavy (non-hydrogen) atoms. The maximum atomic E-state index is 9.17. The summed E-state index contributed by atoms with van der Waals surface area (Å²) in [5.74, 6) is 0.901. The van der Waals surface area contributed by atoms with Crippen LogP contribution in [0, 0.1) is 5.92 Å². The van der Waals surface area contributed by atoms with Crippen LogP contribution in [0.3, 0.4) is 0 Å². The van der Waals surface area contributed by atoms with Crippen LogP contribution in [0.15, 0.2) is 42.0 Å². The zero-order valence-electron chi connectivity index (χ0n) is 11.0. The first kappa shape index (κ1) is 13.6. The highest BCUT2D eigenvalue weighted by Crippen LogP contribution is 2.14. The zero-order valence-corrected chi connectivity index (χ0v) is 11.0. The van der Waals surface area contributed by atoms with Crippen LogP contribution in [0.2, 0.25) is 0 Å². The average Bonchev–Trinajstić information content (AvgIpc) is 2.28. The molecule has 92 valence electrons. The van der Waals surface area contributed by atoms with Crippen molar-refractivity contribution in [3.05, 3.63) is 47.6 Å². The van der Waals surface area contributed by atoms with Crippen molar-refractivity contribution in [2.45, 2.75) is 33.6 Å². The van der Waals surface area contributed by atoms with Gasteiger partial charge in [0.1, 0.15) is 5.75 Å². The second-order valence-corrected chi connectivity index (χ2v) is 4.79. The number of phenols is 1. The van der Waals surface area contributed by atoms with E-state index >= 15 is 0 Å². The van der Waals surface area contributed by atoms with E-state index in [4.69, 9.17) is 0 Å². The first-order chi connectivity index (χ1) is 8.08. The molecule has 1 atom stereocenters. The first-order valence-corrected chi connectivity index (χ1v) is 6.18. The lowest BCUT2D eigenvalue weighted by Crippen LogP contribution is -1.88. The fourth-order valence-electron chi connectivity index (χ4n) is 1.59. The van der Waals surface area contributed by atoms with Crippen molar-refractivity contribution in [2.75, 3.05) is 0 Å². The van der Waals surface area contributed by atoms with Crippen LogP contribution in [0.5, 0.6) is 5.75 Å². The van der Waals surface area contributed by atoms with Crippen LogP contribution in [0.25, 0.3) is 6.08 Å². The SMILES string of the molecule is CC(C)=CCCC(C)/C=C/c1ccc(O)cc1. The lowest BCUT2D eigenvalue weighted by molar-refractivity contribution is 0.475. The predicted molar refractivity (Wildman–Crippen MR) is 75.0 cm³/mol. The number of aromatic hydroxyl groups is 1. The minimum absolute atomic E-state index is 0.318. The summed E-state index contributed by atoms with van der Waals surface area (Å²) in [4.78, 5) is 0. The Morgan fingerprint density at radius 3 is 2.47 bits per heavy atom. The number of allylic oxidation sites excluding steroid dienone is 3. The van der Waals surface area contributed by atoms with Gasteiger partial charge in [0, 0.05) is 0 Å². The molecule has 0 saturated heterocycles. The topological polar surface area (TPSA) is 20.2 Å². The Kier molecular flexibility index (Phi) is 5.55. The summed E-state index contributed by atoms with van der Waals surface area (Å²) in [5.41, 5.74) is 2.52. The van der Waals surface area contributed by atoms with E-state index in [0.717, 1.165) is 12.0 Å². The molecular weight excluding hydrogens is 208 g/mol. The minimum Gasteiger partial charge on any atom is -0.508 e. The molecule has 0 radical (unpaired) electrons. The second kappa shape index (κ2) is 6.95. The summed E-state index contributed by atoms with van der Waals surface area (Å²) in [6.45, 7) is 6.50. The summed E-state index contributed by atoms with van der Waals surface area (Å²) in [6, 6.07) is 7.28. The van der Waals surface area contributed by atoms with Crippen molar-refractivity contribution in [3.8, 4) is 5.75 Å². The van der Waals surface area contributed by atoms with E-state index in [0.29, 0.717) is 11.7 Å². The summed E-state index contributed by atoms with van der Waals surface area (Å²) in [6.07, 6.45) is 8.95. The molecule has 1 aromatic carbocycles. The van der Waals surface area contributed by atoms with Crippen molar-refractivity contribution in [2.24, 2.45) is 5.92 Å². The molecule has 1 aromatic rings. The summed E-state index contributed by atoms with van der Waals surface area (Å²) < 4.78 is 0. The standard InChI is InChI=1S/C16H22O/c1-13(2)5-4-6-14(3)7-8-15-9-11-16(17)12-10-15/h5,7-12,14,17H,4,6H2,1-3H3/b8-7+. The largest absolute Gasteiger partial charge is 0.508 e. The van der Waals surface area contributed by atoms with Crippen LogP contribution in [-0.2, 0) is 0 Å². The fraction of sp³-hybridized carbons (Fsp3) is 0.375. The summed E-state index contributed by atoms with van der Waals surface area (Å²) in [7, 11) is 0. The third-order valence-electron chi connectivity index (χ3n) is 2.68. The van der Waals surface area contributed by atoms with E-state index in [-0.39, 0.29) is 0 Å². The van der Waals surface area contributed by atoms with Crippen LogP contribution < -0.4 is 0 Å². The molecule has 0 fully saturated rings. The summed E-state index contributed by atoms with van der Waals surface area (Å²) in [5, 5.41) is 9.17. The van der Waals surface area contributed by atoms with Gasteiger partial charge in [0.15, 0.2) is 0 Å². The van der Waals surface area contributed by atoms with E-state index in [1.165, 1.54) is 12.0 Å². The highest BCUT2D eigenvalue weighted by molar-refractivity contribution is 5.50. The van der Waals surface area contributed by atoms with Crippen molar-refractivity contribution >= 4 is 6.08 Å². The normalized spacial score (nSPS) is 12.6. The van der Waals surface area contributed by atoms with Gasteiger partial charge >= 0.3 is 0 Å². The molecule has 0 bridgehead atoms. The Hall–Kier alpha value is -1.50. The van der Waals surface area contributed by atoms with Gasteiger partial charge in [-0.25, -0.2) is 0 Å². The van der Waals surface area contributed by atoms with E-state index < -0.39 is 0 Å². The molecule has 1 rings (SSSR count). The maximum Gasteiger partial charge on any atom is 0.115 e. The smallest absolute Gasteiger partial charge is 0.115 e. The number of phenolic OH excluding ortho intramolecular Hbond substituents is 1. The molecule has 1 N–H and O–H groups in total. The Balaban J connectivity index is 2.42. The van der Waals surface area contributed by atoms with E-state index in [1.807, 2.05) is 12.1 Å². The van der Waals surface area contributed by atoms with Gasteiger partial charge in [-0.15, -0.1) is 0 Å². The van der Waals surface area contributed by atoms with Crippen LogP contribution >= 0.6 is 0 Å². The molecule has 1 heteroatoms. The molecule has 0 aliphatic carbocycles. The van der Waals surface area contributed by atoms with Crippen molar-refractivity contribution in [3.63, 3.8) is 0 Å². The van der Waals surface area contributed by atoms with Gasteiger partial charge < -0.3 is 5.11 Å². The predicted octanol–water partition coefficient (Wildman–Crippen LogP) is 4.79. The van der Waals surface area contributed by atoms with E-state index in [1.54, 1.807) is 12.1 Å². The number of rotatable bonds is 5. The van der Waals surface area contributed by atoms with Gasteiger partial charge in [-0.1, -0.05) is 42.9 Å². The fourth-order valence-corrected chi connectivity index (χ4v) is 1.59. The third kappa shape index (κ3) is 5.96. The number of hydrogen-bond donors (Lipinski definition) is 1. The van der Waals surface area contributed by atoms with Crippen molar-refractivity contribution in [1.29, 1.82) is 0 Å². The lowest BCUT2D eigenvalue weighted by atomic mass is 10.0. The van der Waals surface area contributed by atoms with E-state index in [9.17, 15) is 5.11 Å². The number of benzene rings is 1. The highest BCUT2D eigenvalue weighted by Gasteiger charge is 1.95. The third-order valence-corrected chi connectivity index (χ3v) is 2.68. The zero-order chi connectivity index (χ0) is 12.7. The minimum atomic E-state index is 0.318. The molecule has 0 spiro atoms. The molecule has 0 aromatic heterocycles. The molecule has 0 heterocycles. The Bertz CT molecular complexity index is 380.